The molecule has 3 N–H and O–H groups in total. The van der Waals surface area contributed by atoms with Gasteiger partial charge in [-0.05, 0) is 42.5 Å². The number of nitrogen functional groups attached to an aromatic ring is 1. The molecular formula is C28H28ClN9O3. The number of nitrogens with two attached hydrogens (primary N) is 1. The van der Waals surface area contributed by atoms with Crippen LogP contribution in [0, 0.1) is 0 Å². The van der Waals surface area contributed by atoms with Crippen LogP contribution in [0.4, 0.5) is 10.6 Å². The summed E-state index contributed by atoms with van der Waals surface area (Å²) in [7, 11) is 0. The van der Waals surface area contributed by atoms with Crippen LogP contribution in [0.5, 0.6) is 0 Å². The fourth-order valence-electron chi connectivity index (χ4n) is 5.37. The highest BCUT2D eigenvalue weighted by Gasteiger charge is 2.42. The van der Waals surface area contributed by atoms with E-state index in [0.29, 0.717) is 84.0 Å². The van der Waals surface area contributed by atoms with Gasteiger partial charge in [0.2, 0.25) is 5.91 Å². The Morgan fingerprint density at radius 3 is 2.49 bits per heavy atom. The van der Waals surface area contributed by atoms with E-state index in [0.717, 1.165) is 0 Å². The number of aromatic nitrogens is 5. The monoisotopic (exact) mass is 573 g/mol. The van der Waals surface area contributed by atoms with Gasteiger partial charge in [-0.3, -0.25) is 14.3 Å². The number of aliphatic hydroxyl groups is 1. The number of rotatable bonds is 4. The van der Waals surface area contributed by atoms with Crippen LogP contribution < -0.4 is 5.73 Å². The first-order chi connectivity index (χ1) is 19.8. The third-order valence-corrected chi connectivity index (χ3v) is 7.80. The number of carbonyl (C=O) groups is 2. The Bertz CT molecular complexity index is 1650. The molecule has 1 atom stereocenters. The molecule has 0 bridgehead atoms. The van der Waals surface area contributed by atoms with Crippen molar-refractivity contribution < 1.29 is 14.7 Å². The number of amides is 3. The number of β-amino-alcohol motifs (C(OH)–C–C–N with tert-alkyl or cyclic N) is 1. The van der Waals surface area contributed by atoms with Gasteiger partial charge >= 0.3 is 6.03 Å². The molecule has 2 fully saturated rings. The van der Waals surface area contributed by atoms with Crippen molar-refractivity contribution in [3.63, 3.8) is 0 Å². The average molecular weight is 574 g/mol. The molecule has 0 aliphatic carbocycles. The molecule has 6 rings (SSSR count). The van der Waals surface area contributed by atoms with Gasteiger partial charge in [-0.25, -0.2) is 19.7 Å². The van der Waals surface area contributed by atoms with E-state index in [1.165, 1.54) is 6.08 Å². The number of likely N-dealkylation sites (tertiary alicyclic amines) is 1. The van der Waals surface area contributed by atoms with Gasteiger partial charge in [0.15, 0.2) is 11.5 Å². The predicted octanol–water partition coefficient (Wildman–Crippen LogP) is 2.46. The molecule has 1 unspecified atom stereocenters. The summed E-state index contributed by atoms with van der Waals surface area (Å²) >= 11 is 6.22. The van der Waals surface area contributed by atoms with Crippen LogP contribution in [0.2, 0.25) is 5.15 Å². The molecule has 0 spiro atoms. The molecule has 0 aromatic carbocycles. The van der Waals surface area contributed by atoms with Crippen LogP contribution in [0.3, 0.4) is 0 Å². The van der Waals surface area contributed by atoms with Crippen LogP contribution in [0.1, 0.15) is 12.1 Å². The molecule has 0 saturated carbocycles. The van der Waals surface area contributed by atoms with Gasteiger partial charge in [-0.2, -0.15) is 0 Å². The lowest BCUT2D eigenvalue weighted by atomic mass is 9.98. The Kier molecular flexibility index (Phi) is 6.80. The Balaban J connectivity index is 1.24. The lowest BCUT2D eigenvalue weighted by Gasteiger charge is -2.36. The van der Waals surface area contributed by atoms with Crippen molar-refractivity contribution in [1.82, 2.24) is 39.2 Å². The van der Waals surface area contributed by atoms with Crippen LogP contribution in [-0.4, -0.2) is 95.5 Å². The number of pyridine rings is 3. The molecular weight excluding hydrogens is 546 g/mol. The summed E-state index contributed by atoms with van der Waals surface area (Å²) in [5.41, 5.74) is 7.75. The number of anilines is 1. The van der Waals surface area contributed by atoms with Crippen LogP contribution in [0.15, 0.2) is 61.4 Å². The highest BCUT2D eigenvalue weighted by Crippen LogP contribution is 2.34. The largest absolute Gasteiger partial charge is 0.383 e. The van der Waals surface area contributed by atoms with Gasteiger partial charge in [0.05, 0.1) is 29.7 Å². The first-order valence-corrected chi connectivity index (χ1v) is 13.6. The van der Waals surface area contributed by atoms with Crippen LogP contribution in [-0.2, 0) is 10.4 Å². The SMILES string of the molecule is C=CC(=O)N1CCN(C(=O)N2CCC(O)(c3ccc(-n4c(-c5cccnc5N)nc5ccc(Cl)nc54)cn3)C2)CC1. The zero-order chi connectivity index (χ0) is 28.7. The number of piperazine rings is 1. The van der Waals surface area contributed by atoms with E-state index in [2.05, 4.69) is 21.5 Å². The molecule has 41 heavy (non-hydrogen) atoms. The van der Waals surface area contributed by atoms with Crippen molar-refractivity contribution in [2.75, 3.05) is 45.0 Å². The topological polar surface area (TPSA) is 147 Å². The summed E-state index contributed by atoms with van der Waals surface area (Å²) in [5.74, 6) is 0.709. The quantitative estimate of drug-likeness (QED) is 0.279. The number of hydrogen-bond acceptors (Lipinski definition) is 8. The second-order valence-corrected chi connectivity index (χ2v) is 10.5. The second kappa shape index (κ2) is 10.5. The van der Waals surface area contributed by atoms with Crippen molar-refractivity contribution in [3.05, 3.63) is 72.3 Å². The lowest BCUT2D eigenvalue weighted by molar-refractivity contribution is -0.127. The Morgan fingerprint density at radius 2 is 1.78 bits per heavy atom. The standard InChI is InChI=1S/C28H28ClN9O3/c1-2-23(39)35-12-14-36(15-13-35)27(40)37-11-9-28(41,17-37)21-7-5-18(16-32-21)38-25(19-4-3-10-31-24(19)30)33-20-6-8-22(29)34-26(20)38/h2-8,10,16,41H,1,9,11-15,17H2,(H2,30,31). The maximum absolute atomic E-state index is 13.2. The van der Waals surface area contributed by atoms with Gasteiger partial charge in [-0.15, -0.1) is 0 Å². The molecule has 2 saturated heterocycles. The summed E-state index contributed by atoms with van der Waals surface area (Å²) in [6.45, 7) is 5.80. The van der Waals surface area contributed by atoms with Gasteiger partial charge in [-0.1, -0.05) is 18.2 Å². The molecule has 4 aromatic heterocycles. The Labute approximate surface area is 240 Å². The number of hydrogen-bond donors (Lipinski definition) is 2. The summed E-state index contributed by atoms with van der Waals surface area (Å²) in [5, 5.41) is 11.8. The third-order valence-electron chi connectivity index (χ3n) is 7.59. The Hall–Kier alpha value is -4.55. The molecule has 6 heterocycles. The number of carbonyl (C=O) groups excluding carboxylic acids is 2. The van der Waals surface area contributed by atoms with Crippen molar-refractivity contribution in [2.45, 2.75) is 12.0 Å². The fourth-order valence-corrected chi connectivity index (χ4v) is 5.52. The van der Waals surface area contributed by atoms with E-state index in [1.54, 1.807) is 55.9 Å². The highest BCUT2D eigenvalue weighted by molar-refractivity contribution is 6.29. The molecule has 2 aliphatic heterocycles. The van der Waals surface area contributed by atoms with Crippen molar-refractivity contribution in [2.24, 2.45) is 0 Å². The summed E-state index contributed by atoms with van der Waals surface area (Å²) < 4.78 is 1.80. The number of halogens is 1. The van der Waals surface area contributed by atoms with Gasteiger partial charge in [0.25, 0.3) is 0 Å². The van der Waals surface area contributed by atoms with E-state index < -0.39 is 5.60 Å². The van der Waals surface area contributed by atoms with E-state index in [1.807, 2.05) is 12.1 Å². The van der Waals surface area contributed by atoms with E-state index in [9.17, 15) is 14.7 Å². The molecule has 12 nitrogen and oxygen atoms in total. The van der Waals surface area contributed by atoms with Crippen molar-refractivity contribution in [1.29, 1.82) is 0 Å². The number of nitrogens with zero attached hydrogens (tertiary/aromatic N) is 8. The minimum absolute atomic E-state index is 0.118. The summed E-state index contributed by atoms with van der Waals surface area (Å²) in [4.78, 5) is 48.1. The molecule has 4 aromatic rings. The summed E-state index contributed by atoms with van der Waals surface area (Å²) in [6.07, 6.45) is 4.87. The zero-order valence-corrected chi connectivity index (χ0v) is 22.9. The maximum atomic E-state index is 13.2. The molecule has 3 amide bonds. The summed E-state index contributed by atoms with van der Waals surface area (Å²) in [6, 6.07) is 10.5. The number of urea groups is 1. The van der Waals surface area contributed by atoms with E-state index >= 15 is 0 Å². The van der Waals surface area contributed by atoms with Gasteiger partial charge in [0, 0.05) is 45.3 Å². The van der Waals surface area contributed by atoms with Gasteiger partial charge < -0.3 is 25.5 Å². The molecule has 210 valence electrons. The predicted molar refractivity (Wildman–Crippen MR) is 153 cm³/mol. The van der Waals surface area contributed by atoms with Gasteiger partial charge in [0.1, 0.15) is 22.1 Å². The van der Waals surface area contributed by atoms with E-state index in [-0.39, 0.29) is 18.5 Å². The van der Waals surface area contributed by atoms with E-state index in [4.69, 9.17) is 22.3 Å². The zero-order valence-electron chi connectivity index (χ0n) is 22.1. The first kappa shape index (κ1) is 26.7. The second-order valence-electron chi connectivity index (χ2n) is 10.1. The smallest absolute Gasteiger partial charge is 0.320 e. The van der Waals surface area contributed by atoms with Crippen molar-refractivity contribution >= 4 is 40.5 Å². The minimum Gasteiger partial charge on any atom is -0.383 e. The third kappa shape index (κ3) is 4.85. The van der Waals surface area contributed by atoms with Crippen LogP contribution >= 0.6 is 11.6 Å². The Morgan fingerprint density at radius 1 is 1.00 bits per heavy atom. The first-order valence-electron chi connectivity index (χ1n) is 13.2. The molecule has 13 heteroatoms. The fraction of sp³-hybridized carbons (Fsp3) is 0.286. The van der Waals surface area contributed by atoms with Crippen molar-refractivity contribution in [3.8, 4) is 17.1 Å². The average Bonchev–Trinajstić information content (AvgIpc) is 3.58. The number of fused-ring (bicyclic) bond motifs is 1. The highest BCUT2D eigenvalue weighted by atomic mass is 35.5. The maximum Gasteiger partial charge on any atom is 0.320 e. The molecule has 2 aliphatic rings. The normalized spacial score (nSPS) is 19.1. The minimum atomic E-state index is -1.30. The van der Waals surface area contributed by atoms with Crippen LogP contribution in [0.25, 0.3) is 28.2 Å². The number of imidazole rings is 1. The molecule has 0 radical (unpaired) electrons. The lowest BCUT2D eigenvalue weighted by Crippen LogP contribution is -2.53.